The highest BCUT2D eigenvalue weighted by atomic mass is 35.5. The number of halogens is 2. The summed E-state index contributed by atoms with van der Waals surface area (Å²) in [6.07, 6.45) is 0.722. The van der Waals surface area contributed by atoms with E-state index in [0.29, 0.717) is 26.2 Å². The van der Waals surface area contributed by atoms with E-state index >= 15 is 0 Å². The fourth-order valence-electron chi connectivity index (χ4n) is 3.38. The number of nitrogens with zero attached hydrogens (tertiary/aromatic N) is 3. The van der Waals surface area contributed by atoms with Gasteiger partial charge < -0.3 is 9.64 Å². The molecule has 1 aliphatic rings. The lowest BCUT2D eigenvalue weighted by Crippen LogP contribution is -2.48. The molecule has 2 heterocycles. The van der Waals surface area contributed by atoms with Crippen LogP contribution in [0.3, 0.4) is 0 Å². The molecule has 0 saturated carbocycles. The van der Waals surface area contributed by atoms with Crippen LogP contribution in [0, 0.1) is 5.82 Å². The molecule has 1 aromatic heterocycles. The van der Waals surface area contributed by atoms with Gasteiger partial charge in [0.25, 0.3) is 0 Å². The molecule has 6 nitrogen and oxygen atoms in total. The van der Waals surface area contributed by atoms with Crippen LogP contribution in [-0.2, 0) is 16.4 Å². The van der Waals surface area contributed by atoms with Gasteiger partial charge in [0.05, 0.1) is 22.7 Å². The van der Waals surface area contributed by atoms with Crippen LogP contribution in [0.4, 0.5) is 9.52 Å². The zero-order chi connectivity index (χ0) is 22.0. The first-order valence-corrected chi connectivity index (χ1v) is 12.3. The number of rotatable bonds is 6. The second kappa shape index (κ2) is 9.12. The summed E-state index contributed by atoms with van der Waals surface area (Å²) in [4.78, 5) is 6.82. The number of sulfonamides is 1. The zero-order valence-corrected chi connectivity index (χ0v) is 19.2. The average molecular weight is 482 g/mol. The van der Waals surface area contributed by atoms with Gasteiger partial charge in [-0.25, -0.2) is 17.8 Å². The third kappa shape index (κ3) is 4.85. The van der Waals surface area contributed by atoms with Gasteiger partial charge in [0.2, 0.25) is 10.0 Å². The third-order valence-corrected chi connectivity index (χ3v) is 8.26. The molecule has 0 unspecified atom stereocenters. The molecule has 4 rings (SSSR count). The second-order valence-corrected chi connectivity index (χ2v) is 10.3. The quantitative estimate of drug-likeness (QED) is 0.531. The summed E-state index contributed by atoms with van der Waals surface area (Å²) < 4.78 is 45.7. The number of aromatic nitrogens is 1. The predicted octanol–water partition coefficient (Wildman–Crippen LogP) is 4.05. The molecule has 0 bridgehead atoms. The molecule has 0 radical (unpaired) electrons. The number of thiazole rings is 1. The molecule has 2 aromatic carbocycles. The first-order chi connectivity index (χ1) is 14.9. The Hall–Kier alpha value is -2.20. The summed E-state index contributed by atoms with van der Waals surface area (Å²) in [5.74, 6) is 0.179. The summed E-state index contributed by atoms with van der Waals surface area (Å²) in [7, 11) is -2.08. The van der Waals surface area contributed by atoms with E-state index in [1.165, 1.54) is 10.4 Å². The molecule has 0 N–H and O–H groups in total. The van der Waals surface area contributed by atoms with Gasteiger partial charge >= 0.3 is 0 Å². The molecule has 1 fully saturated rings. The van der Waals surface area contributed by atoms with Crippen molar-refractivity contribution in [3.8, 4) is 5.75 Å². The van der Waals surface area contributed by atoms with Gasteiger partial charge in [0, 0.05) is 38.0 Å². The van der Waals surface area contributed by atoms with Gasteiger partial charge in [0.15, 0.2) is 5.13 Å². The van der Waals surface area contributed by atoms with Crippen molar-refractivity contribution in [2.75, 3.05) is 38.2 Å². The van der Waals surface area contributed by atoms with Gasteiger partial charge in [-0.3, -0.25) is 0 Å². The number of methoxy groups -OCH3 is 1. The lowest BCUT2D eigenvalue weighted by molar-refractivity contribution is 0.384. The minimum atomic E-state index is -3.72. The smallest absolute Gasteiger partial charge is 0.243 e. The van der Waals surface area contributed by atoms with Crippen molar-refractivity contribution < 1.29 is 17.5 Å². The van der Waals surface area contributed by atoms with Crippen molar-refractivity contribution in [3.63, 3.8) is 0 Å². The molecule has 1 aliphatic heterocycles. The van der Waals surface area contributed by atoms with E-state index in [4.69, 9.17) is 21.3 Å². The van der Waals surface area contributed by atoms with E-state index < -0.39 is 15.8 Å². The first kappa shape index (κ1) is 22.0. The fraction of sp³-hybridized carbons (Fsp3) is 0.286. The van der Waals surface area contributed by atoms with E-state index in [1.54, 1.807) is 18.4 Å². The highest BCUT2D eigenvalue weighted by Crippen LogP contribution is 2.27. The van der Waals surface area contributed by atoms with E-state index in [9.17, 15) is 12.8 Å². The normalized spacial score (nSPS) is 15.3. The molecule has 3 aromatic rings. The number of benzene rings is 2. The summed E-state index contributed by atoms with van der Waals surface area (Å²) in [5, 5.41) is 2.71. The van der Waals surface area contributed by atoms with Crippen LogP contribution in [0.25, 0.3) is 0 Å². The van der Waals surface area contributed by atoms with Crippen LogP contribution >= 0.6 is 22.9 Å². The number of ether oxygens (including phenoxy) is 1. The van der Waals surface area contributed by atoms with E-state index in [-0.39, 0.29) is 9.92 Å². The highest BCUT2D eigenvalue weighted by Gasteiger charge is 2.29. The largest absolute Gasteiger partial charge is 0.497 e. The number of anilines is 1. The molecule has 0 spiro atoms. The minimum Gasteiger partial charge on any atom is -0.497 e. The molecular formula is C21H21ClFN3O3S2. The van der Waals surface area contributed by atoms with Crippen molar-refractivity contribution in [1.29, 1.82) is 0 Å². The molecule has 0 aliphatic carbocycles. The molecule has 1 saturated heterocycles. The third-order valence-electron chi connectivity index (χ3n) is 5.12. The standard InChI is InChI=1S/C21H21ClFN3O3S2/c1-29-17-4-2-15(3-5-17)12-16-14-30-21(24-16)25-8-10-26(11-9-25)31(27,28)18-6-7-20(23)19(22)13-18/h2-7,13-14H,8-12H2,1H3. The predicted molar refractivity (Wildman–Crippen MR) is 120 cm³/mol. The van der Waals surface area contributed by atoms with Crippen molar-refractivity contribution in [3.05, 3.63) is 69.9 Å². The molecular weight excluding hydrogens is 461 g/mol. The van der Waals surface area contributed by atoms with Gasteiger partial charge in [-0.2, -0.15) is 4.31 Å². The van der Waals surface area contributed by atoms with E-state index in [0.717, 1.165) is 40.7 Å². The zero-order valence-electron chi connectivity index (χ0n) is 16.8. The summed E-state index contributed by atoms with van der Waals surface area (Å²) >= 11 is 7.31. The number of hydrogen-bond acceptors (Lipinski definition) is 6. The molecule has 31 heavy (non-hydrogen) atoms. The lowest BCUT2D eigenvalue weighted by atomic mass is 10.1. The Labute approximate surface area is 189 Å². The van der Waals surface area contributed by atoms with Crippen LogP contribution in [0.5, 0.6) is 5.75 Å². The Morgan fingerprint density at radius 1 is 1.13 bits per heavy atom. The SMILES string of the molecule is COc1ccc(Cc2csc(N3CCN(S(=O)(=O)c4ccc(F)c(Cl)c4)CC3)n2)cc1. The molecule has 164 valence electrons. The highest BCUT2D eigenvalue weighted by molar-refractivity contribution is 7.89. The molecule has 0 amide bonds. The van der Waals surface area contributed by atoms with Crippen molar-refractivity contribution >= 4 is 38.1 Å². The van der Waals surface area contributed by atoms with Crippen LogP contribution in [0.2, 0.25) is 5.02 Å². The summed E-state index contributed by atoms with van der Waals surface area (Å²) in [6.45, 7) is 1.71. The van der Waals surface area contributed by atoms with Crippen LogP contribution in [-0.4, -0.2) is 51.0 Å². The monoisotopic (exact) mass is 481 g/mol. The Balaban J connectivity index is 1.39. The maximum absolute atomic E-state index is 13.4. The van der Waals surface area contributed by atoms with Gasteiger partial charge in [0.1, 0.15) is 11.6 Å². The van der Waals surface area contributed by atoms with Gasteiger partial charge in [-0.15, -0.1) is 11.3 Å². The Bertz CT molecular complexity index is 1160. The molecule has 0 atom stereocenters. The topological polar surface area (TPSA) is 62.7 Å². The maximum Gasteiger partial charge on any atom is 0.243 e. The minimum absolute atomic E-state index is 0.00313. The van der Waals surface area contributed by atoms with Gasteiger partial charge in [-0.1, -0.05) is 23.7 Å². The second-order valence-electron chi connectivity index (χ2n) is 7.11. The van der Waals surface area contributed by atoms with Crippen molar-refractivity contribution in [2.45, 2.75) is 11.3 Å². The van der Waals surface area contributed by atoms with Crippen molar-refractivity contribution in [1.82, 2.24) is 9.29 Å². The van der Waals surface area contributed by atoms with E-state index in [2.05, 4.69) is 4.90 Å². The Kier molecular flexibility index (Phi) is 6.47. The van der Waals surface area contributed by atoms with Crippen molar-refractivity contribution in [2.24, 2.45) is 0 Å². The molecule has 10 heteroatoms. The summed E-state index contributed by atoms with van der Waals surface area (Å²) in [6, 6.07) is 11.4. The summed E-state index contributed by atoms with van der Waals surface area (Å²) in [5.41, 5.74) is 2.12. The Morgan fingerprint density at radius 2 is 1.84 bits per heavy atom. The van der Waals surface area contributed by atoms with Crippen LogP contribution in [0.1, 0.15) is 11.3 Å². The van der Waals surface area contributed by atoms with Crippen LogP contribution in [0.15, 0.2) is 52.7 Å². The average Bonchev–Trinajstić information content (AvgIpc) is 3.24. The number of hydrogen-bond donors (Lipinski definition) is 0. The first-order valence-electron chi connectivity index (χ1n) is 9.64. The number of piperazine rings is 1. The lowest BCUT2D eigenvalue weighted by Gasteiger charge is -2.33. The van der Waals surface area contributed by atoms with E-state index in [1.807, 2.05) is 29.6 Å². The van der Waals surface area contributed by atoms with Crippen LogP contribution < -0.4 is 9.64 Å². The van der Waals surface area contributed by atoms with Gasteiger partial charge in [-0.05, 0) is 35.9 Å². The fourth-order valence-corrected chi connectivity index (χ4v) is 5.95. The Morgan fingerprint density at radius 3 is 2.48 bits per heavy atom. The maximum atomic E-state index is 13.4.